The van der Waals surface area contributed by atoms with Crippen molar-refractivity contribution in [2.75, 3.05) is 26.4 Å². The van der Waals surface area contributed by atoms with Gasteiger partial charge in [-0.25, -0.2) is 0 Å². The molecule has 1 saturated carbocycles. The Kier molecular flexibility index (Phi) is 6.07. The summed E-state index contributed by atoms with van der Waals surface area (Å²) in [7, 11) is 0. The van der Waals surface area contributed by atoms with Crippen molar-refractivity contribution >= 4 is 5.91 Å². The van der Waals surface area contributed by atoms with Crippen molar-refractivity contribution in [1.29, 1.82) is 0 Å². The second-order valence-electron chi connectivity index (χ2n) is 5.45. The molecule has 1 amide bonds. The molecule has 2 aliphatic rings. The topological polar surface area (TPSA) is 59.6 Å². The quantitative estimate of drug-likeness (QED) is 0.777. The molecule has 0 bridgehead atoms. The lowest BCUT2D eigenvalue weighted by Gasteiger charge is -2.31. The molecular formula is C14H26N2O3. The van der Waals surface area contributed by atoms with Gasteiger partial charge >= 0.3 is 0 Å². The molecule has 1 saturated heterocycles. The molecule has 2 rings (SSSR count). The zero-order valence-corrected chi connectivity index (χ0v) is 11.8. The van der Waals surface area contributed by atoms with Gasteiger partial charge in [-0.1, -0.05) is 6.92 Å². The van der Waals surface area contributed by atoms with Crippen LogP contribution >= 0.6 is 0 Å². The Morgan fingerprint density at radius 2 is 1.89 bits per heavy atom. The van der Waals surface area contributed by atoms with E-state index in [1.165, 1.54) is 6.42 Å². The highest BCUT2D eigenvalue weighted by Gasteiger charge is 2.27. The van der Waals surface area contributed by atoms with Crippen molar-refractivity contribution in [1.82, 2.24) is 10.6 Å². The Morgan fingerprint density at radius 3 is 2.53 bits per heavy atom. The van der Waals surface area contributed by atoms with Gasteiger partial charge in [0.2, 0.25) is 0 Å². The summed E-state index contributed by atoms with van der Waals surface area (Å²) in [5, 5.41) is 6.64. The summed E-state index contributed by atoms with van der Waals surface area (Å²) in [5.41, 5.74) is 0. The molecule has 1 aliphatic carbocycles. The average molecular weight is 270 g/mol. The van der Waals surface area contributed by atoms with Crippen LogP contribution in [0.4, 0.5) is 0 Å². The molecule has 0 aromatic carbocycles. The number of carbonyl (C=O) groups excluding carboxylic acids is 1. The van der Waals surface area contributed by atoms with Crippen LogP contribution < -0.4 is 10.6 Å². The first-order valence-corrected chi connectivity index (χ1v) is 7.52. The normalized spacial score (nSPS) is 31.9. The van der Waals surface area contributed by atoms with E-state index in [4.69, 9.17) is 9.47 Å². The molecule has 19 heavy (non-hydrogen) atoms. The fraction of sp³-hybridized carbons (Fsp3) is 0.929. The number of hydrogen-bond acceptors (Lipinski definition) is 4. The first-order chi connectivity index (χ1) is 9.29. The van der Waals surface area contributed by atoms with Crippen LogP contribution in [0.5, 0.6) is 0 Å². The maximum absolute atomic E-state index is 12.0. The van der Waals surface area contributed by atoms with E-state index in [1.54, 1.807) is 0 Å². The number of rotatable bonds is 5. The third-order valence-electron chi connectivity index (χ3n) is 3.86. The fourth-order valence-electron chi connectivity index (χ4n) is 2.72. The predicted octanol–water partition coefficient (Wildman–Crippen LogP) is 0.829. The van der Waals surface area contributed by atoms with Crippen LogP contribution in [0.3, 0.4) is 0 Å². The lowest BCUT2D eigenvalue weighted by atomic mass is 9.91. The summed E-state index contributed by atoms with van der Waals surface area (Å²) >= 11 is 0. The molecule has 110 valence electrons. The molecule has 0 spiro atoms. The van der Waals surface area contributed by atoms with Gasteiger partial charge in [-0.2, -0.15) is 0 Å². The second-order valence-corrected chi connectivity index (χ2v) is 5.45. The van der Waals surface area contributed by atoms with Crippen molar-refractivity contribution in [3.05, 3.63) is 0 Å². The van der Waals surface area contributed by atoms with E-state index < -0.39 is 6.10 Å². The predicted molar refractivity (Wildman–Crippen MR) is 73.0 cm³/mol. The smallest absolute Gasteiger partial charge is 0.251 e. The van der Waals surface area contributed by atoms with Crippen molar-refractivity contribution in [2.24, 2.45) is 0 Å². The van der Waals surface area contributed by atoms with Gasteiger partial charge in [0, 0.05) is 12.1 Å². The minimum absolute atomic E-state index is 0.00957. The summed E-state index contributed by atoms with van der Waals surface area (Å²) in [5.74, 6) is -0.00957. The van der Waals surface area contributed by atoms with Crippen LogP contribution in [0.1, 0.15) is 39.0 Å². The highest BCUT2D eigenvalue weighted by molar-refractivity contribution is 5.81. The van der Waals surface area contributed by atoms with Gasteiger partial charge in [-0.15, -0.1) is 0 Å². The van der Waals surface area contributed by atoms with E-state index in [1.807, 2.05) is 0 Å². The Labute approximate surface area is 115 Å². The van der Waals surface area contributed by atoms with E-state index in [-0.39, 0.29) is 5.91 Å². The number of ether oxygens (including phenoxy) is 2. The van der Waals surface area contributed by atoms with E-state index in [0.29, 0.717) is 31.9 Å². The van der Waals surface area contributed by atoms with E-state index in [9.17, 15) is 4.79 Å². The minimum atomic E-state index is -0.412. The summed E-state index contributed by atoms with van der Waals surface area (Å²) in [6.45, 7) is 4.78. The zero-order valence-electron chi connectivity index (χ0n) is 11.8. The van der Waals surface area contributed by atoms with E-state index in [0.717, 1.165) is 32.2 Å². The van der Waals surface area contributed by atoms with Gasteiger partial charge in [-0.05, 0) is 38.6 Å². The third-order valence-corrected chi connectivity index (χ3v) is 3.86. The highest BCUT2D eigenvalue weighted by atomic mass is 16.6. The fourth-order valence-corrected chi connectivity index (χ4v) is 2.72. The molecule has 2 fully saturated rings. The van der Waals surface area contributed by atoms with Crippen molar-refractivity contribution < 1.29 is 14.3 Å². The minimum Gasteiger partial charge on any atom is -0.376 e. The number of hydrogen-bond donors (Lipinski definition) is 2. The lowest BCUT2D eigenvalue weighted by molar-refractivity contribution is -0.148. The van der Waals surface area contributed by atoms with Gasteiger partial charge in [0.25, 0.3) is 5.91 Å². The molecule has 5 nitrogen and oxygen atoms in total. The van der Waals surface area contributed by atoms with Gasteiger partial charge in [0.05, 0.1) is 19.8 Å². The second kappa shape index (κ2) is 7.82. The molecule has 0 aromatic heterocycles. The van der Waals surface area contributed by atoms with Crippen molar-refractivity contribution in [3.8, 4) is 0 Å². The Hall–Kier alpha value is -0.650. The van der Waals surface area contributed by atoms with Gasteiger partial charge < -0.3 is 20.1 Å². The third kappa shape index (κ3) is 4.75. The highest BCUT2D eigenvalue weighted by Crippen LogP contribution is 2.19. The SMILES string of the molecule is CCCNC1CCC(NC(=O)C2COCCO2)CC1. The van der Waals surface area contributed by atoms with Crippen LogP contribution in [-0.2, 0) is 14.3 Å². The first-order valence-electron chi connectivity index (χ1n) is 7.52. The summed E-state index contributed by atoms with van der Waals surface area (Å²) < 4.78 is 10.7. The first kappa shape index (κ1) is 14.8. The molecule has 5 heteroatoms. The summed E-state index contributed by atoms with van der Waals surface area (Å²) in [4.78, 5) is 12.0. The van der Waals surface area contributed by atoms with Crippen molar-refractivity contribution in [2.45, 2.75) is 57.2 Å². The number of amides is 1. The molecule has 1 aliphatic heterocycles. The van der Waals surface area contributed by atoms with Gasteiger partial charge in [0.15, 0.2) is 6.10 Å². The van der Waals surface area contributed by atoms with E-state index in [2.05, 4.69) is 17.6 Å². The molecular weight excluding hydrogens is 244 g/mol. The Bertz CT molecular complexity index is 272. The maximum atomic E-state index is 12.0. The van der Waals surface area contributed by atoms with E-state index >= 15 is 0 Å². The van der Waals surface area contributed by atoms with Crippen LogP contribution in [0.25, 0.3) is 0 Å². The largest absolute Gasteiger partial charge is 0.376 e. The van der Waals surface area contributed by atoms with Gasteiger partial charge in [0.1, 0.15) is 0 Å². The Morgan fingerprint density at radius 1 is 1.16 bits per heavy atom. The average Bonchev–Trinajstić information content (AvgIpc) is 2.47. The molecule has 2 N–H and O–H groups in total. The molecule has 1 atom stereocenters. The zero-order chi connectivity index (χ0) is 13.5. The molecule has 0 radical (unpaired) electrons. The summed E-state index contributed by atoms with van der Waals surface area (Å²) in [6, 6.07) is 0.931. The summed E-state index contributed by atoms with van der Waals surface area (Å²) in [6.07, 6.45) is 5.17. The molecule has 0 aromatic rings. The molecule has 1 heterocycles. The van der Waals surface area contributed by atoms with Crippen LogP contribution in [0, 0.1) is 0 Å². The maximum Gasteiger partial charge on any atom is 0.251 e. The lowest BCUT2D eigenvalue weighted by Crippen LogP contribution is -2.48. The Balaban J connectivity index is 1.65. The van der Waals surface area contributed by atoms with Crippen LogP contribution in [0.2, 0.25) is 0 Å². The van der Waals surface area contributed by atoms with Gasteiger partial charge in [-0.3, -0.25) is 4.79 Å². The number of carbonyl (C=O) groups is 1. The number of nitrogens with one attached hydrogen (secondary N) is 2. The van der Waals surface area contributed by atoms with Crippen LogP contribution in [-0.4, -0.2) is 50.5 Å². The standard InChI is InChI=1S/C14H26N2O3/c1-2-7-15-11-3-5-12(6-4-11)16-14(17)13-10-18-8-9-19-13/h11-13,15H,2-10H2,1H3,(H,16,17). The monoisotopic (exact) mass is 270 g/mol. The van der Waals surface area contributed by atoms with Crippen LogP contribution in [0.15, 0.2) is 0 Å². The van der Waals surface area contributed by atoms with Crippen molar-refractivity contribution in [3.63, 3.8) is 0 Å². The molecule has 1 unspecified atom stereocenters.